The zero-order valence-electron chi connectivity index (χ0n) is 13.6. The zero-order valence-corrected chi connectivity index (χ0v) is 13.6. The van der Waals surface area contributed by atoms with E-state index in [1.807, 2.05) is 0 Å². The maximum Gasteiger partial charge on any atom is 0.253 e. The Kier molecular flexibility index (Phi) is 5.36. The Morgan fingerprint density at radius 1 is 1.43 bits per heavy atom. The van der Waals surface area contributed by atoms with Gasteiger partial charge in [-0.1, -0.05) is 0 Å². The number of carbonyl (C=O) groups excluding carboxylic acids is 2. The number of nitrogens with two attached hydrogens (primary N) is 1. The van der Waals surface area contributed by atoms with Gasteiger partial charge in [0.1, 0.15) is 5.82 Å². The smallest absolute Gasteiger partial charge is 0.253 e. The number of piperidine rings is 1. The molecule has 2 rings (SSSR count). The number of ether oxygens (including phenoxy) is 1. The van der Waals surface area contributed by atoms with Gasteiger partial charge in [0.15, 0.2) is 0 Å². The lowest BCUT2D eigenvalue weighted by molar-refractivity contribution is -0.120. The van der Waals surface area contributed by atoms with E-state index >= 15 is 0 Å². The Bertz CT molecular complexity index is 606. The van der Waals surface area contributed by atoms with E-state index in [1.165, 1.54) is 12.1 Å². The minimum absolute atomic E-state index is 0.145. The highest BCUT2D eigenvalue weighted by molar-refractivity contribution is 5.94. The molecule has 1 saturated heterocycles. The Morgan fingerprint density at radius 2 is 2.17 bits per heavy atom. The molecule has 1 atom stereocenters. The van der Waals surface area contributed by atoms with Crippen LogP contribution in [0.4, 0.5) is 4.39 Å². The summed E-state index contributed by atoms with van der Waals surface area (Å²) in [6.45, 7) is 2.66. The monoisotopic (exact) mass is 322 g/mol. The summed E-state index contributed by atoms with van der Waals surface area (Å²) in [6.07, 6.45) is 2.29. The van der Waals surface area contributed by atoms with Crippen LogP contribution < -0.4 is 5.73 Å². The number of halogens is 1. The largest absolute Gasteiger partial charge is 0.376 e. The number of carbonyl (C=O) groups is 2. The number of methoxy groups -OCH3 is 1. The van der Waals surface area contributed by atoms with Gasteiger partial charge >= 0.3 is 0 Å². The summed E-state index contributed by atoms with van der Waals surface area (Å²) >= 11 is 0. The second kappa shape index (κ2) is 7.08. The van der Waals surface area contributed by atoms with Crippen LogP contribution in [0.25, 0.3) is 0 Å². The van der Waals surface area contributed by atoms with Gasteiger partial charge in [-0.25, -0.2) is 4.39 Å². The molecule has 0 saturated carbocycles. The van der Waals surface area contributed by atoms with Gasteiger partial charge in [0.05, 0.1) is 5.60 Å². The van der Waals surface area contributed by atoms with E-state index in [2.05, 4.69) is 0 Å². The van der Waals surface area contributed by atoms with Crippen LogP contribution in [-0.4, -0.2) is 42.5 Å². The molecule has 1 aliphatic rings. The van der Waals surface area contributed by atoms with Crippen LogP contribution in [-0.2, 0) is 9.53 Å². The van der Waals surface area contributed by atoms with Crippen molar-refractivity contribution in [3.63, 3.8) is 0 Å². The van der Waals surface area contributed by atoms with Crippen molar-refractivity contribution in [1.82, 2.24) is 4.90 Å². The third kappa shape index (κ3) is 4.07. The van der Waals surface area contributed by atoms with Gasteiger partial charge in [-0.05, 0) is 49.9 Å². The van der Waals surface area contributed by atoms with E-state index in [9.17, 15) is 14.0 Å². The van der Waals surface area contributed by atoms with Crippen molar-refractivity contribution in [3.05, 3.63) is 35.1 Å². The molecular formula is C17H23FN2O3. The van der Waals surface area contributed by atoms with Crippen molar-refractivity contribution in [2.45, 2.75) is 38.2 Å². The predicted molar refractivity (Wildman–Crippen MR) is 84.4 cm³/mol. The summed E-state index contributed by atoms with van der Waals surface area (Å²) in [5.74, 6) is -0.847. The maximum absolute atomic E-state index is 13.4. The normalized spacial score (nSPS) is 21.3. The fourth-order valence-corrected chi connectivity index (χ4v) is 3.06. The summed E-state index contributed by atoms with van der Waals surface area (Å²) in [6, 6.07) is 4.37. The van der Waals surface area contributed by atoms with Crippen molar-refractivity contribution in [2.24, 2.45) is 5.73 Å². The quantitative estimate of drug-likeness (QED) is 0.901. The van der Waals surface area contributed by atoms with Gasteiger partial charge < -0.3 is 15.4 Å². The third-order valence-electron chi connectivity index (χ3n) is 4.49. The molecular weight excluding hydrogens is 299 g/mol. The number of amides is 2. The first kappa shape index (κ1) is 17.4. The van der Waals surface area contributed by atoms with Crippen molar-refractivity contribution >= 4 is 11.8 Å². The molecule has 0 aromatic heterocycles. The van der Waals surface area contributed by atoms with E-state index in [0.29, 0.717) is 30.6 Å². The number of hydrogen-bond donors (Lipinski definition) is 1. The standard InChI is InChI=1S/C17H23FN2O3/c1-12-10-13(4-5-14(12)18)16(22)20-9-3-7-17(11-20,23-2)8-6-15(19)21/h4-5,10H,3,6-9,11H2,1-2H3,(H2,19,21)/t17-/m0/s1. The fraction of sp³-hybridized carbons (Fsp3) is 0.529. The molecule has 1 heterocycles. The lowest BCUT2D eigenvalue weighted by Crippen LogP contribution is -2.51. The van der Waals surface area contributed by atoms with Crippen LogP contribution in [0.2, 0.25) is 0 Å². The first-order valence-corrected chi connectivity index (χ1v) is 7.76. The Hall–Kier alpha value is -1.95. The molecule has 0 bridgehead atoms. The van der Waals surface area contributed by atoms with Gasteiger partial charge in [-0.3, -0.25) is 9.59 Å². The average Bonchev–Trinajstić information content (AvgIpc) is 2.55. The number of rotatable bonds is 5. The number of hydrogen-bond acceptors (Lipinski definition) is 3. The Balaban J connectivity index is 2.14. The van der Waals surface area contributed by atoms with E-state index in [-0.39, 0.29) is 24.1 Å². The molecule has 1 aromatic rings. The summed E-state index contributed by atoms with van der Waals surface area (Å²) < 4.78 is 19.0. The van der Waals surface area contributed by atoms with Gasteiger partial charge in [0.2, 0.25) is 5.91 Å². The molecule has 23 heavy (non-hydrogen) atoms. The highest BCUT2D eigenvalue weighted by Crippen LogP contribution is 2.30. The number of aryl methyl sites for hydroxylation is 1. The first-order chi connectivity index (χ1) is 10.9. The van der Waals surface area contributed by atoms with Crippen LogP contribution in [0.15, 0.2) is 18.2 Å². The van der Waals surface area contributed by atoms with Gasteiger partial charge in [0, 0.05) is 32.2 Å². The van der Waals surface area contributed by atoms with Crippen molar-refractivity contribution in [3.8, 4) is 0 Å². The summed E-state index contributed by atoms with van der Waals surface area (Å²) in [5, 5.41) is 0. The molecule has 1 fully saturated rings. The third-order valence-corrected chi connectivity index (χ3v) is 4.49. The molecule has 0 unspecified atom stereocenters. The van der Waals surface area contributed by atoms with Gasteiger partial charge in [0.25, 0.3) is 5.91 Å². The second-order valence-electron chi connectivity index (χ2n) is 6.15. The molecule has 5 nitrogen and oxygen atoms in total. The fourth-order valence-electron chi connectivity index (χ4n) is 3.06. The van der Waals surface area contributed by atoms with Gasteiger partial charge in [-0.15, -0.1) is 0 Å². The molecule has 2 N–H and O–H groups in total. The minimum atomic E-state index is -0.544. The van der Waals surface area contributed by atoms with Gasteiger partial charge in [-0.2, -0.15) is 0 Å². The van der Waals surface area contributed by atoms with E-state index < -0.39 is 5.60 Å². The molecule has 0 aliphatic carbocycles. The van der Waals surface area contributed by atoms with Crippen LogP contribution >= 0.6 is 0 Å². The number of benzene rings is 1. The van der Waals surface area contributed by atoms with Crippen molar-refractivity contribution in [2.75, 3.05) is 20.2 Å². The van der Waals surface area contributed by atoms with Crippen molar-refractivity contribution < 1.29 is 18.7 Å². The van der Waals surface area contributed by atoms with E-state index in [4.69, 9.17) is 10.5 Å². The highest BCUT2D eigenvalue weighted by atomic mass is 19.1. The molecule has 126 valence electrons. The Labute approximate surface area is 135 Å². The number of nitrogens with zero attached hydrogens (tertiary/aromatic N) is 1. The van der Waals surface area contributed by atoms with Crippen LogP contribution in [0.5, 0.6) is 0 Å². The van der Waals surface area contributed by atoms with Crippen LogP contribution in [0, 0.1) is 12.7 Å². The molecule has 0 radical (unpaired) electrons. The first-order valence-electron chi connectivity index (χ1n) is 7.76. The molecule has 0 spiro atoms. The molecule has 6 heteroatoms. The maximum atomic E-state index is 13.4. The van der Waals surface area contributed by atoms with E-state index in [0.717, 1.165) is 12.8 Å². The minimum Gasteiger partial charge on any atom is -0.376 e. The second-order valence-corrected chi connectivity index (χ2v) is 6.15. The zero-order chi connectivity index (χ0) is 17.0. The highest BCUT2D eigenvalue weighted by Gasteiger charge is 2.37. The number of likely N-dealkylation sites (tertiary alicyclic amines) is 1. The molecule has 1 aromatic carbocycles. The summed E-state index contributed by atoms with van der Waals surface area (Å²) in [5.41, 5.74) is 5.59. The predicted octanol–water partition coefficient (Wildman–Crippen LogP) is 2.02. The van der Waals surface area contributed by atoms with Crippen LogP contribution in [0.3, 0.4) is 0 Å². The van der Waals surface area contributed by atoms with E-state index in [1.54, 1.807) is 25.0 Å². The lowest BCUT2D eigenvalue weighted by Gasteiger charge is -2.42. The average molecular weight is 322 g/mol. The van der Waals surface area contributed by atoms with Crippen LogP contribution in [0.1, 0.15) is 41.6 Å². The van der Waals surface area contributed by atoms with Crippen molar-refractivity contribution in [1.29, 1.82) is 0 Å². The molecule has 2 amide bonds. The summed E-state index contributed by atoms with van der Waals surface area (Å²) in [4.78, 5) is 25.4. The Morgan fingerprint density at radius 3 is 2.78 bits per heavy atom. The lowest BCUT2D eigenvalue weighted by atomic mass is 9.87. The SMILES string of the molecule is CO[C@]1(CCC(N)=O)CCCN(C(=O)c2ccc(F)c(C)c2)C1. The summed E-state index contributed by atoms with van der Waals surface area (Å²) in [7, 11) is 1.59. The topological polar surface area (TPSA) is 72.6 Å². The molecule has 1 aliphatic heterocycles. The number of primary amides is 1.